The molecule has 0 aromatic carbocycles. The lowest BCUT2D eigenvalue weighted by Crippen LogP contribution is -2.23. The van der Waals surface area contributed by atoms with E-state index in [2.05, 4.69) is 9.97 Å². The lowest BCUT2D eigenvalue weighted by atomic mass is 10.3. The summed E-state index contributed by atoms with van der Waals surface area (Å²) in [5, 5.41) is 0. The number of alkyl halides is 3. The number of hydrogen-bond acceptors (Lipinski definition) is 3. The quantitative estimate of drug-likeness (QED) is 0.604. The van der Waals surface area contributed by atoms with Gasteiger partial charge in [-0.05, 0) is 6.07 Å². The van der Waals surface area contributed by atoms with Crippen molar-refractivity contribution in [2.24, 2.45) is 0 Å². The third-order valence-electron chi connectivity index (χ3n) is 1.07. The third-order valence-corrected chi connectivity index (χ3v) is 1.07. The standard InChI is InChI=1S/C6H3F3N2O/c7-6(8,9)5(12)4-1-2-10-3-11-4/h1-3H. The number of Topliss-reactive ketones (excluding diaryl/α,β-unsaturated/α-hetero) is 1. The maximum absolute atomic E-state index is 11.7. The number of rotatable bonds is 1. The highest BCUT2D eigenvalue weighted by atomic mass is 19.4. The Hall–Kier alpha value is -1.46. The molecule has 0 saturated heterocycles. The summed E-state index contributed by atoms with van der Waals surface area (Å²) in [5.74, 6) is -1.95. The van der Waals surface area contributed by atoms with Crippen LogP contribution in [0.1, 0.15) is 10.5 Å². The van der Waals surface area contributed by atoms with Crippen molar-refractivity contribution in [3.8, 4) is 0 Å². The molecule has 12 heavy (non-hydrogen) atoms. The van der Waals surface area contributed by atoms with Gasteiger partial charge < -0.3 is 0 Å². The normalized spacial score (nSPS) is 11.2. The van der Waals surface area contributed by atoms with Gasteiger partial charge in [-0.1, -0.05) is 0 Å². The van der Waals surface area contributed by atoms with E-state index in [0.717, 1.165) is 18.6 Å². The van der Waals surface area contributed by atoms with E-state index in [9.17, 15) is 18.0 Å². The summed E-state index contributed by atoms with van der Waals surface area (Å²) in [7, 11) is 0. The Morgan fingerprint density at radius 1 is 1.42 bits per heavy atom. The summed E-state index contributed by atoms with van der Waals surface area (Å²) in [6, 6.07) is 0.913. The van der Waals surface area contributed by atoms with Crippen LogP contribution in [0.5, 0.6) is 0 Å². The first-order valence-electron chi connectivity index (χ1n) is 2.89. The molecule has 64 valence electrons. The molecule has 0 spiro atoms. The fraction of sp³-hybridized carbons (Fsp3) is 0.167. The van der Waals surface area contributed by atoms with E-state index in [1.807, 2.05) is 0 Å². The lowest BCUT2D eigenvalue weighted by molar-refractivity contribution is -0.0888. The maximum atomic E-state index is 11.7. The van der Waals surface area contributed by atoms with Crippen molar-refractivity contribution < 1.29 is 18.0 Å². The second kappa shape index (κ2) is 2.88. The number of ketones is 1. The van der Waals surface area contributed by atoms with Crippen molar-refractivity contribution in [3.05, 3.63) is 24.3 Å². The Labute approximate surface area is 65.3 Å². The summed E-state index contributed by atoms with van der Waals surface area (Å²) in [6.45, 7) is 0. The Morgan fingerprint density at radius 3 is 2.50 bits per heavy atom. The van der Waals surface area contributed by atoms with Crippen LogP contribution in [0.2, 0.25) is 0 Å². The molecule has 0 atom stereocenters. The zero-order chi connectivity index (χ0) is 9.19. The molecule has 0 amide bonds. The third kappa shape index (κ3) is 1.77. The molecule has 0 aliphatic carbocycles. The van der Waals surface area contributed by atoms with Crippen LogP contribution in [0.25, 0.3) is 0 Å². The van der Waals surface area contributed by atoms with Gasteiger partial charge in [0.25, 0.3) is 5.78 Å². The smallest absolute Gasteiger partial charge is 0.282 e. The first kappa shape index (κ1) is 8.63. The van der Waals surface area contributed by atoms with Crippen LogP contribution in [-0.2, 0) is 0 Å². The number of halogens is 3. The van der Waals surface area contributed by atoms with Crippen LogP contribution in [0.3, 0.4) is 0 Å². The Bertz CT molecular complexity index is 283. The maximum Gasteiger partial charge on any atom is 0.456 e. The summed E-state index contributed by atoms with van der Waals surface area (Å²) in [6.07, 6.45) is -2.90. The Kier molecular flexibility index (Phi) is 2.07. The summed E-state index contributed by atoms with van der Waals surface area (Å²) >= 11 is 0. The van der Waals surface area contributed by atoms with Crippen LogP contribution in [0.4, 0.5) is 13.2 Å². The molecule has 6 heteroatoms. The molecule has 0 radical (unpaired) electrons. The van der Waals surface area contributed by atoms with Crippen molar-refractivity contribution in [1.82, 2.24) is 9.97 Å². The first-order valence-corrected chi connectivity index (χ1v) is 2.89. The van der Waals surface area contributed by atoms with Gasteiger partial charge >= 0.3 is 6.18 Å². The number of aromatic nitrogens is 2. The largest absolute Gasteiger partial charge is 0.456 e. The van der Waals surface area contributed by atoms with E-state index in [1.165, 1.54) is 0 Å². The molecule has 0 saturated carbocycles. The zero-order valence-corrected chi connectivity index (χ0v) is 5.67. The molecule has 0 aliphatic rings. The van der Waals surface area contributed by atoms with E-state index in [4.69, 9.17) is 0 Å². The molecular formula is C6H3F3N2O. The Morgan fingerprint density at radius 2 is 2.08 bits per heavy atom. The van der Waals surface area contributed by atoms with E-state index in [-0.39, 0.29) is 0 Å². The topological polar surface area (TPSA) is 42.9 Å². The van der Waals surface area contributed by atoms with Gasteiger partial charge in [0.05, 0.1) is 0 Å². The lowest BCUT2D eigenvalue weighted by Gasteiger charge is -2.02. The van der Waals surface area contributed by atoms with Gasteiger partial charge in [0.1, 0.15) is 12.0 Å². The van der Waals surface area contributed by atoms with Crippen LogP contribution in [0, 0.1) is 0 Å². The molecule has 3 nitrogen and oxygen atoms in total. The highest BCUT2D eigenvalue weighted by molar-refractivity contribution is 5.98. The van der Waals surface area contributed by atoms with E-state index in [1.54, 1.807) is 0 Å². The van der Waals surface area contributed by atoms with Crippen molar-refractivity contribution in [2.75, 3.05) is 0 Å². The molecular weight excluding hydrogens is 173 g/mol. The Balaban J connectivity index is 2.94. The second-order valence-electron chi connectivity index (χ2n) is 1.92. The summed E-state index contributed by atoms with van der Waals surface area (Å²) < 4.78 is 35.2. The predicted octanol–water partition coefficient (Wildman–Crippen LogP) is 1.22. The van der Waals surface area contributed by atoms with Gasteiger partial charge in [0.2, 0.25) is 0 Å². The average molecular weight is 176 g/mol. The van der Waals surface area contributed by atoms with Crippen LogP contribution >= 0.6 is 0 Å². The highest BCUT2D eigenvalue weighted by Gasteiger charge is 2.40. The molecule has 0 aliphatic heterocycles. The summed E-state index contributed by atoms with van der Waals surface area (Å²) in [4.78, 5) is 17.0. The molecule has 1 aromatic heterocycles. The molecule has 0 unspecified atom stereocenters. The number of nitrogens with zero attached hydrogens (tertiary/aromatic N) is 2. The molecule has 1 heterocycles. The second-order valence-corrected chi connectivity index (χ2v) is 1.92. The fourth-order valence-corrected chi connectivity index (χ4v) is 0.570. The minimum absolute atomic E-state index is 0.641. The highest BCUT2D eigenvalue weighted by Crippen LogP contribution is 2.19. The minimum atomic E-state index is -4.87. The summed E-state index contributed by atoms with van der Waals surface area (Å²) in [5.41, 5.74) is -0.641. The van der Waals surface area contributed by atoms with Crippen molar-refractivity contribution >= 4 is 5.78 Å². The molecule has 0 N–H and O–H groups in total. The van der Waals surface area contributed by atoms with Crippen LogP contribution < -0.4 is 0 Å². The monoisotopic (exact) mass is 176 g/mol. The van der Waals surface area contributed by atoms with Gasteiger partial charge in [-0.15, -0.1) is 0 Å². The number of hydrogen-bond donors (Lipinski definition) is 0. The van der Waals surface area contributed by atoms with Gasteiger partial charge in [-0.25, -0.2) is 9.97 Å². The first-order chi connectivity index (χ1) is 5.52. The van der Waals surface area contributed by atoms with Gasteiger partial charge in [0, 0.05) is 6.20 Å². The molecule has 0 fully saturated rings. The van der Waals surface area contributed by atoms with Gasteiger partial charge in [0.15, 0.2) is 0 Å². The average Bonchev–Trinajstić information content (AvgIpc) is 2.03. The fourth-order valence-electron chi connectivity index (χ4n) is 0.570. The van der Waals surface area contributed by atoms with Crippen LogP contribution in [-0.4, -0.2) is 21.9 Å². The SMILES string of the molecule is O=C(c1ccncn1)C(F)(F)F. The van der Waals surface area contributed by atoms with Crippen molar-refractivity contribution in [3.63, 3.8) is 0 Å². The predicted molar refractivity (Wildman–Crippen MR) is 32.4 cm³/mol. The van der Waals surface area contributed by atoms with E-state index >= 15 is 0 Å². The van der Waals surface area contributed by atoms with Crippen LogP contribution in [0.15, 0.2) is 18.6 Å². The number of carbonyl (C=O) groups is 1. The van der Waals surface area contributed by atoms with Gasteiger partial charge in [-0.3, -0.25) is 4.79 Å². The van der Waals surface area contributed by atoms with Crippen molar-refractivity contribution in [2.45, 2.75) is 6.18 Å². The zero-order valence-electron chi connectivity index (χ0n) is 5.67. The minimum Gasteiger partial charge on any atom is -0.282 e. The molecule has 0 bridgehead atoms. The van der Waals surface area contributed by atoms with E-state index < -0.39 is 17.7 Å². The van der Waals surface area contributed by atoms with Crippen molar-refractivity contribution in [1.29, 1.82) is 0 Å². The van der Waals surface area contributed by atoms with E-state index in [0.29, 0.717) is 0 Å². The van der Waals surface area contributed by atoms with Gasteiger partial charge in [-0.2, -0.15) is 13.2 Å². The molecule has 1 aromatic rings. The molecule has 1 rings (SSSR count). The number of carbonyl (C=O) groups excluding carboxylic acids is 1.